The van der Waals surface area contributed by atoms with Gasteiger partial charge in [-0.3, -0.25) is 4.55 Å². The summed E-state index contributed by atoms with van der Waals surface area (Å²) in [6.45, 7) is 0. The average Bonchev–Trinajstić information content (AvgIpc) is 3.84. The van der Waals surface area contributed by atoms with Gasteiger partial charge in [0.15, 0.2) is 0 Å². The van der Waals surface area contributed by atoms with Crippen LogP contribution in [0.2, 0.25) is 0 Å². The summed E-state index contributed by atoms with van der Waals surface area (Å²) in [5.74, 6) is 1.55. The number of aromatic nitrogens is 1. The minimum Gasteiger partial charge on any atom is -0.400 e. The minimum atomic E-state index is -5.84. The van der Waals surface area contributed by atoms with Gasteiger partial charge in [0.05, 0.1) is 0 Å². The van der Waals surface area contributed by atoms with Crippen LogP contribution in [0.5, 0.6) is 0 Å². The molecule has 1 heterocycles. The van der Waals surface area contributed by atoms with Crippen LogP contribution in [-0.2, 0) is 30.2 Å². The molecule has 3 N–H and O–H groups in total. The van der Waals surface area contributed by atoms with Crippen molar-refractivity contribution in [3.8, 4) is 22.4 Å². The first-order chi connectivity index (χ1) is 22.1. The molecule has 1 aromatic heterocycles. The Morgan fingerprint density at radius 3 is 1.49 bits per heavy atom. The molecule has 0 saturated heterocycles. The van der Waals surface area contributed by atoms with E-state index in [2.05, 4.69) is 65.6 Å². The molecule has 0 atom stereocenters. The van der Waals surface area contributed by atoms with E-state index >= 15 is 0 Å². The zero-order valence-corrected chi connectivity index (χ0v) is 29.6. The second-order valence-electron chi connectivity index (χ2n) is 10.4. The molecular weight excluding hydrogens is 808 g/mol. The molecule has 2 fully saturated rings. The maximum absolute atomic E-state index is 10.7. The Morgan fingerprint density at radius 1 is 0.681 bits per heavy atom. The first kappa shape index (κ1) is 42.1. The second kappa shape index (κ2) is 21.9. The van der Waals surface area contributed by atoms with Gasteiger partial charge in [-0.25, -0.2) is 11.1 Å². The van der Waals surface area contributed by atoms with Gasteiger partial charge in [0.1, 0.15) is 0 Å². The standard InChI is InChI=1S/C17H16.C16H16N.CHF3O3S.2CH4O.Ir/c1-2-6-14(7-3-1)16-10-12-17(13-11-16)15-8-4-5-9-15;1-2-6-13(5-1)14-8-10-15(11-9-14)16-7-3-4-12-17-16;2-1(3,4)8(5,6)7;2*1-2;/h1-3,6,10,12-13,15H,4-5,8-9H2;3-4,7-10,12-13H,1-2,5-6H2;(H,5,6,7);2*2H,1H3;/q-2;-1;;;;+3. The number of hydrogen-bond donors (Lipinski definition) is 3. The number of aliphatic hydroxyl groups excluding tert-OH is 2. The third-order valence-electron chi connectivity index (χ3n) is 7.56. The molecule has 11 heteroatoms. The van der Waals surface area contributed by atoms with Crippen molar-refractivity contribution in [3.63, 3.8) is 0 Å². The molecular formula is C36H41F3IrNO5S. The first-order valence-corrected chi connectivity index (χ1v) is 16.4. The molecule has 2 aliphatic carbocycles. The van der Waals surface area contributed by atoms with Gasteiger partial charge < -0.3 is 15.2 Å². The Balaban J connectivity index is 0.000000350. The van der Waals surface area contributed by atoms with Gasteiger partial charge in [-0.05, 0) is 11.8 Å². The molecule has 2 saturated carbocycles. The van der Waals surface area contributed by atoms with Crippen molar-refractivity contribution < 1.29 is 56.5 Å². The van der Waals surface area contributed by atoms with Crippen LogP contribution >= 0.6 is 0 Å². The Bertz CT molecular complexity index is 1380. The van der Waals surface area contributed by atoms with Crippen molar-refractivity contribution in [1.29, 1.82) is 0 Å². The fraction of sp³-hybridized carbons (Fsp3) is 0.361. The van der Waals surface area contributed by atoms with E-state index in [9.17, 15) is 13.2 Å². The molecule has 3 aromatic carbocycles. The summed E-state index contributed by atoms with van der Waals surface area (Å²) in [4.78, 5) is 4.34. The van der Waals surface area contributed by atoms with Crippen LogP contribution in [0, 0.1) is 18.2 Å². The summed E-state index contributed by atoms with van der Waals surface area (Å²) < 4.78 is 57.5. The summed E-state index contributed by atoms with van der Waals surface area (Å²) in [6, 6.07) is 37.2. The van der Waals surface area contributed by atoms with Crippen LogP contribution in [-0.4, -0.2) is 47.9 Å². The van der Waals surface area contributed by atoms with Crippen molar-refractivity contribution >= 4 is 10.1 Å². The fourth-order valence-electron chi connectivity index (χ4n) is 5.31. The second-order valence-corrected chi connectivity index (χ2v) is 11.9. The minimum absolute atomic E-state index is 0. The largest absolute Gasteiger partial charge is 3.00 e. The van der Waals surface area contributed by atoms with Crippen LogP contribution in [0.1, 0.15) is 74.3 Å². The Morgan fingerprint density at radius 2 is 1.13 bits per heavy atom. The van der Waals surface area contributed by atoms with Gasteiger partial charge in [-0.1, -0.05) is 75.3 Å². The van der Waals surface area contributed by atoms with Crippen molar-refractivity contribution in [2.45, 2.75) is 68.7 Å². The van der Waals surface area contributed by atoms with Gasteiger partial charge in [-0.2, -0.15) is 70.1 Å². The van der Waals surface area contributed by atoms with E-state index in [0.717, 1.165) is 48.4 Å². The number of nitrogens with zero attached hydrogens (tertiary/aromatic N) is 1. The van der Waals surface area contributed by atoms with Gasteiger partial charge in [0.2, 0.25) is 0 Å². The average molecular weight is 849 g/mol. The van der Waals surface area contributed by atoms with E-state index in [0.29, 0.717) is 0 Å². The summed E-state index contributed by atoms with van der Waals surface area (Å²) in [5, 5.41) is 14.0. The number of benzene rings is 3. The Labute approximate surface area is 290 Å². The Kier molecular flexibility index (Phi) is 19.6. The summed E-state index contributed by atoms with van der Waals surface area (Å²) in [6.07, 6.45) is 12.8. The number of alkyl halides is 3. The normalized spacial score (nSPS) is 14.4. The molecule has 256 valence electrons. The van der Waals surface area contributed by atoms with Crippen molar-refractivity contribution in [2.75, 3.05) is 14.2 Å². The van der Waals surface area contributed by atoms with Gasteiger partial charge in [0.25, 0.3) is 0 Å². The van der Waals surface area contributed by atoms with E-state index in [1.165, 1.54) is 62.5 Å². The Hall–Kier alpha value is -2.92. The fourth-order valence-corrected chi connectivity index (χ4v) is 5.31. The molecule has 47 heavy (non-hydrogen) atoms. The van der Waals surface area contributed by atoms with Crippen LogP contribution in [0.25, 0.3) is 22.4 Å². The summed E-state index contributed by atoms with van der Waals surface area (Å²) >= 11 is 0. The molecule has 6 nitrogen and oxygen atoms in total. The van der Waals surface area contributed by atoms with E-state index in [1.54, 1.807) is 0 Å². The van der Waals surface area contributed by atoms with Crippen LogP contribution in [0.15, 0.2) is 85.1 Å². The summed E-state index contributed by atoms with van der Waals surface area (Å²) in [5.41, 5.74) is 1.74. The van der Waals surface area contributed by atoms with Crippen LogP contribution < -0.4 is 0 Å². The number of aliphatic hydroxyl groups is 2. The van der Waals surface area contributed by atoms with Crippen molar-refractivity contribution in [1.82, 2.24) is 4.98 Å². The maximum atomic E-state index is 10.7. The quantitative estimate of drug-likeness (QED) is 0.108. The maximum Gasteiger partial charge on any atom is 3.00 e. The number of halogens is 3. The zero-order chi connectivity index (χ0) is 34.0. The van der Waals surface area contributed by atoms with Gasteiger partial charge in [0, 0.05) is 20.4 Å². The van der Waals surface area contributed by atoms with E-state index < -0.39 is 15.6 Å². The molecule has 0 bridgehead atoms. The van der Waals surface area contributed by atoms with Crippen molar-refractivity contribution in [3.05, 3.63) is 114 Å². The van der Waals surface area contributed by atoms with E-state index in [1.807, 2.05) is 42.6 Å². The van der Waals surface area contributed by atoms with Crippen LogP contribution in [0.3, 0.4) is 0 Å². The van der Waals surface area contributed by atoms with E-state index in [-0.39, 0.29) is 20.1 Å². The smallest absolute Gasteiger partial charge is 0.400 e. The molecule has 0 amide bonds. The first-order valence-electron chi connectivity index (χ1n) is 15.0. The number of hydrogen-bond acceptors (Lipinski definition) is 5. The molecule has 0 radical (unpaired) electrons. The third-order valence-corrected chi connectivity index (χ3v) is 8.14. The molecule has 0 unspecified atom stereocenters. The molecule has 6 rings (SSSR count). The SMILES string of the molecule is CO.CO.O=S(=O)(O)C(F)(F)F.[Ir+3].[c-]1cc(C2CCCC2)ccc1-c1ccccn1.[c-]1ccccc1-c1[c-]cc(C2CCCC2)cc1. The molecule has 0 aliphatic heterocycles. The molecule has 4 aromatic rings. The number of rotatable bonds is 4. The van der Waals surface area contributed by atoms with Crippen LogP contribution in [0.4, 0.5) is 13.2 Å². The monoisotopic (exact) mass is 849 g/mol. The predicted octanol–water partition coefficient (Wildman–Crippen LogP) is 8.43. The number of pyridine rings is 1. The zero-order valence-electron chi connectivity index (χ0n) is 26.4. The van der Waals surface area contributed by atoms with E-state index in [4.69, 9.17) is 23.2 Å². The molecule has 0 spiro atoms. The third kappa shape index (κ3) is 14.0. The van der Waals surface area contributed by atoms with Gasteiger partial charge in [-0.15, -0.1) is 47.0 Å². The van der Waals surface area contributed by atoms with Crippen molar-refractivity contribution in [2.24, 2.45) is 0 Å². The topological polar surface area (TPSA) is 108 Å². The summed E-state index contributed by atoms with van der Waals surface area (Å²) in [7, 11) is -3.84. The van der Waals surface area contributed by atoms with Gasteiger partial charge >= 0.3 is 35.7 Å². The molecule has 2 aliphatic rings. The predicted molar refractivity (Wildman–Crippen MR) is 174 cm³/mol.